The normalized spacial score (nSPS) is 11.8. The van der Waals surface area contributed by atoms with E-state index in [0.29, 0.717) is 54.5 Å². The van der Waals surface area contributed by atoms with Crippen LogP contribution in [0.4, 0.5) is 26.3 Å². The largest absolute Gasteiger partial charge is 0.465 e. The second-order valence-electron chi connectivity index (χ2n) is 13.0. The van der Waals surface area contributed by atoms with Gasteiger partial charge in [0, 0.05) is 52.1 Å². The van der Waals surface area contributed by atoms with Crippen LogP contribution in [0.25, 0.3) is 22.1 Å². The smallest absolute Gasteiger partial charge is 0.433 e. The first-order chi connectivity index (χ1) is 28.8. The first-order valence-corrected chi connectivity index (χ1v) is 20.2. The van der Waals surface area contributed by atoms with Crippen LogP contribution in [-0.4, -0.2) is 68.3 Å². The van der Waals surface area contributed by atoms with Gasteiger partial charge in [0.15, 0.2) is 0 Å². The second kappa shape index (κ2) is 19.8. The number of rotatable bonds is 8. The van der Waals surface area contributed by atoms with Gasteiger partial charge in [0.1, 0.15) is 22.7 Å². The van der Waals surface area contributed by atoms with Gasteiger partial charge >= 0.3 is 34.7 Å². The van der Waals surface area contributed by atoms with Crippen LogP contribution in [0.3, 0.4) is 0 Å². The fraction of sp³-hybridized carbons (Fsp3) is 0.282. The zero-order valence-electron chi connectivity index (χ0n) is 33.3. The van der Waals surface area contributed by atoms with Crippen LogP contribution in [-0.2, 0) is 60.5 Å². The standard InChI is InChI=1S/C19H15Cl2F3N2O2.C18H13Cl2F3N2O2.C2H6O4S/c1-9-6-15(19(22,23)24)25-17-12(9)7-10(26(17)2)8-13-14(20)5-4-11(16(13)21)18(27)28-3;1-8-5-14(18(21,22)23)25-16-11(8)6-9(24-16)7-12-13(19)4-3-10(15(12)20)17(26)27-2;1-5-7(3,4)6-2/h4-7H,8H2,1-3H3;3-6H,7H2,1-2H3,(H,24,25);1-2H3. The minimum absolute atomic E-state index is 0.119. The Labute approximate surface area is 370 Å². The van der Waals surface area contributed by atoms with Crippen LogP contribution in [0.2, 0.25) is 20.1 Å². The minimum Gasteiger partial charge on any atom is -0.465 e. The van der Waals surface area contributed by atoms with Crippen molar-refractivity contribution < 1.29 is 62.2 Å². The Morgan fingerprint density at radius 2 is 1.15 bits per heavy atom. The van der Waals surface area contributed by atoms with E-state index < -0.39 is 46.1 Å². The van der Waals surface area contributed by atoms with Gasteiger partial charge in [-0.1, -0.05) is 46.4 Å². The Morgan fingerprint density at radius 1 is 0.694 bits per heavy atom. The summed E-state index contributed by atoms with van der Waals surface area (Å²) in [5, 5.41) is 2.10. The average molecular weight is 975 g/mol. The third-order valence-electron chi connectivity index (χ3n) is 9.06. The number of esters is 2. The molecule has 0 amide bonds. The Bertz CT molecular complexity index is 2770. The molecule has 0 fully saturated rings. The number of aromatic nitrogens is 4. The molecule has 62 heavy (non-hydrogen) atoms. The molecule has 4 aromatic heterocycles. The van der Waals surface area contributed by atoms with E-state index in [2.05, 4.69) is 28.1 Å². The minimum atomic E-state index is -4.54. The van der Waals surface area contributed by atoms with E-state index in [4.69, 9.17) is 51.1 Å². The lowest BCUT2D eigenvalue weighted by Crippen LogP contribution is -2.09. The van der Waals surface area contributed by atoms with E-state index in [1.165, 1.54) is 38.5 Å². The lowest BCUT2D eigenvalue weighted by molar-refractivity contribution is -0.141. The number of hydrogen-bond donors (Lipinski definition) is 1. The van der Waals surface area contributed by atoms with Crippen LogP contribution < -0.4 is 0 Å². The number of carbonyl (C=O) groups is 2. The zero-order valence-corrected chi connectivity index (χ0v) is 37.2. The lowest BCUT2D eigenvalue weighted by atomic mass is 10.1. The molecular weight excluding hydrogens is 940 g/mol. The Hall–Kier alpha value is -4.63. The summed E-state index contributed by atoms with van der Waals surface area (Å²) in [7, 11) is 2.49. The first-order valence-electron chi connectivity index (χ1n) is 17.3. The molecule has 0 aliphatic carbocycles. The quantitative estimate of drug-likeness (QED) is 0.115. The number of carbonyl (C=O) groups excluding carboxylic acids is 2. The van der Waals surface area contributed by atoms with Crippen LogP contribution in [0.1, 0.15) is 65.7 Å². The van der Waals surface area contributed by atoms with E-state index in [9.17, 15) is 44.3 Å². The van der Waals surface area contributed by atoms with Gasteiger partial charge in [-0.3, -0.25) is 8.37 Å². The van der Waals surface area contributed by atoms with E-state index in [1.807, 2.05) is 0 Å². The van der Waals surface area contributed by atoms with Crippen LogP contribution in [0.15, 0.2) is 48.5 Å². The van der Waals surface area contributed by atoms with Crippen LogP contribution in [0.5, 0.6) is 0 Å². The summed E-state index contributed by atoms with van der Waals surface area (Å²) >= 11 is 25.1. The van der Waals surface area contributed by atoms with Crippen molar-refractivity contribution in [2.75, 3.05) is 28.4 Å². The molecule has 0 saturated heterocycles. The molecule has 0 aliphatic rings. The lowest BCUT2D eigenvalue weighted by Gasteiger charge is -2.11. The van der Waals surface area contributed by atoms with Crippen LogP contribution >= 0.6 is 46.4 Å². The number of benzene rings is 2. The van der Waals surface area contributed by atoms with Crippen molar-refractivity contribution in [2.24, 2.45) is 7.05 Å². The third kappa shape index (κ3) is 11.5. The maximum absolute atomic E-state index is 13.1. The number of fused-ring (bicyclic) bond motifs is 2. The van der Waals surface area contributed by atoms with Crippen molar-refractivity contribution >= 4 is 90.8 Å². The molecule has 4 heterocycles. The Kier molecular flexibility index (Phi) is 16.0. The van der Waals surface area contributed by atoms with Gasteiger partial charge in [-0.05, 0) is 84.6 Å². The second-order valence-corrected chi connectivity index (χ2v) is 16.0. The van der Waals surface area contributed by atoms with Gasteiger partial charge in [0.05, 0.1) is 49.6 Å². The number of methoxy groups -OCH3 is 2. The van der Waals surface area contributed by atoms with Gasteiger partial charge in [0.25, 0.3) is 0 Å². The van der Waals surface area contributed by atoms with Gasteiger partial charge in [-0.2, -0.15) is 34.8 Å². The summed E-state index contributed by atoms with van der Waals surface area (Å²) in [6.45, 7) is 3.18. The predicted octanol–water partition coefficient (Wildman–Crippen LogP) is 10.7. The van der Waals surface area contributed by atoms with Crippen molar-refractivity contribution in [2.45, 2.75) is 39.0 Å². The molecule has 2 aromatic carbocycles. The molecule has 0 saturated carbocycles. The molecule has 6 rings (SSSR count). The van der Waals surface area contributed by atoms with Crippen LogP contribution in [0, 0.1) is 13.8 Å². The summed E-state index contributed by atoms with van der Waals surface area (Å²) < 4.78 is 117. The molecule has 0 aliphatic heterocycles. The van der Waals surface area contributed by atoms with Gasteiger partial charge in [-0.15, -0.1) is 0 Å². The molecule has 1 N–H and O–H groups in total. The number of hydrogen-bond acceptors (Lipinski definition) is 10. The summed E-state index contributed by atoms with van der Waals surface area (Å²) in [6, 6.07) is 11.4. The van der Waals surface area contributed by atoms with E-state index >= 15 is 0 Å². The summed E-state index contributed by atoms with van der Waals surface area (Å²) in [5.74, 6) is -1.21. The Balaban J connectivity index is 0.000000237. The highest BCUT2D eigenvalue weighted by Gasteiger charge is 2.34. The number of nitrogens with zero attached hydrogens (tertiary/aromatic N) is 3. The highest BCUT2D eigenvalue weighted by Crippen LogP contribution is 2.36. The number of alkyl halides is 6. The van der Waals surface area contributed by atoms with Crippen molar-refractivity contribution in [3.63, 3.8) is 0 Å². The number of aryl methyl sites for hydroxylation is 3. The van der Waals surface area contributed by atoms with Gasteiger partial charge in [0.2, 0.25) is 0 Å². The number of halogens is 10. The first kappa shape index (κ1) is 50.0. The topological polar surface area (TPSA) is 152 Å². The molecule has 6 aromatic rings. The molecule has 0 radical (unpaired) electrons. The van der Waals surface area contributed by atoms with Gasteiger partial charge in [-0.25, -0.2) is 19.6 Å². The Morgan fingerprint density at radius 3 is 1.58 bits per heavy atom. The predicted molar refractivity (Wildman–Crippen MR) is 220 cm³/mol. The average Bonchev–Trinajstić information content (AvgIpc) is 3.77. The van der Waals surface area contributed by atoms with Crippen molar-refractivity contribution in [1.29, 1.82) is 0 Å². The molecule has 0 spiro atoms. The fourth-order valence-electron chi connectivity index (χ4n) is 5.87. The highest BCUT2D eigenvalue weighted by atomic mass is 35.5. The highest BCUT2D eigenvalue weighted by molar-refractivity contribution is 7.81. The number of nitrogens with one attached hydrogen (secondary N) is 1. The third-order valence-corrected chi connectivity index (χ3v) is 11.5. The summed E-state index contributed by atoms with van der Waals surface area (Å²) in [4.78, 5) is 33.9. The molecule has 0 bridgehead atoms. The number of aromatic amines is 1. The van der Waals surface area contributed by atoms with Crippen molar-refractivity contribution in [3.05, 3.63) is 125 Å². The number of H-pyrrole nitrogens is 1. The van der Waals surface area contributed by atoms with E-state index in [1.54, 1.807) is 37.6 Å². The molecule has 0 unspecified atom stereocenters. The molecule has 334 valence electrons. The number of pyridine rings is 2. The van der Waals surface area contributed by atoms with Crippen molar-refractivity contribution in [1.82, 2.24) is 19.5 Å². The fourth-order valence-corrected chi connectivity index (χ4v) is 7.17. The molecule has 0 atom stereocenters. The zero-order chi connectivity index (χ0) is 46.6. The maximum atomic E-state index is 13.1. The summed E-state index contributed by atoms with van der Waals surface area (Å²) in [6.07, 6.45) is -8.69. The summed E-state index contributed by atoms with van der Waals surface area (Å²) in [5.41, 5.74) is 1.77. The SMILES string of the molecule is COC(=O)c1ccc(Cl)c(Cc2cc3c(C)cc(C(F)(F)F)nc3[nH]2)c1Cl.COC(=O)c1ccc(Cl)c(Cc2cc3c(C)cc(C(F)(F)F)nc3n2C)c1Cl.COS(=O)(=O)OC. The number of ether oxygens (including phenoxy) is 2. The van der Waals surface area contributed by atoms with E-state index in [-0.39, 0.29) is 45.3 Å². The van der Waals surface area contributed by atoms with Gasteiger partial charge < -0.3 is 19.0 Å². The maximum Gasteiger partial charge on any atom is 0.433 e. The monoisotopic (exact) mass is 972 g/mol. The molecular formula is C39H34Cl4F6N4O8S. The van der Waals surface area contributed by atoms with E-state index in [0.717, 1.165) is 26.4 Å². The van der Waals surface area contributed by atoms with Crippen molar-refractivity contribution in [3.8, 4) is 0 Å². The molecule has 12 nitrogen and oxygen atoms in total. The molecule has 23 heteroatoms.